The second-order valence-corrected chi connectivity index (χ2v) is 6.98. The Morgan fingerprint density at radius 3 is 2.68 bits per heavy atom. The topological polar surface area (TPSA) is 74.6 Å². The molecule has 0 bridgehead atoms. The third-order valence-electron chi connectivity index (χ3n) is 4.87. The molecule has 1 amide bonds. The molecule has 2 aromatic rings. The molecule has 1 aromatic carbocycles. The molecule has 1 aromatic heterocycles. The number of halogens is 1. The summed E-state index contributed by atoms with van der Waals surface area (Å²) in [5.41, 5.74) is 3.35. The van der Waals surface area contributed by atoms with Gasteiger partial charge in [0, 0.05) is 58.5 Å². The first kappa shape index (κ1) is 22.2. The highest BCUT2D eigenvalue weighted by molar-refractivity contribution is 14.0. The van der Waals surface area contributed by atoms with Gasteiger partial charge in [0.15, 0.2) is 5.96 Å². The van der Waals surface area contributed by atoms with Gasteiger partial charge in [-0.2, -0.15) is 5.10 Å². The lowest BCUT2D eigenvalue weighted by molar-refractivity contribution is -0.114. The van der Waals surface area contributed by atoms with Gasteiger partial charge in [-0.1, -0.05) is 12.1 Å². The molecule has 0 saturated carbocycles. The number of likely N-dealkylation sites (tertiary alicyclic amines) is 1. The normalized spacial score (nSPS) is 16.6. The Labute approximate surface area is 183 Å². The summed E-state index contributed by atoms with van der Waals surface area (Å²) in [6.07, 6.45) is 6.10. The van der Waals surface area contributed by atoms with E-state index in [4.69, 9.17) is 0 Å². The molecule has 3 rings (SSSR count). The molecular weight excluding hydrogens is 467 g/mol. The number of hydrogen-bond donors (Lipinski definition) is 2. The van der Waals surface area contributed by atoms with Crippen molar-refractivity contribution in [2.45, 2.75) is 25.7 Å². The number of aliphatic imine (C=N–C) groups is 1. The van der Waals surface area contributed by atoms with Gasteiger partial charge in [-0.25, -0.2) is 0 Å². The lowest BCUT2D eigenvalue weighted by atomic mass is 10.0. The Balaban J connectivity index is 0.00000280. The summed E-state index contributed by atoms with van der Waals surface area (Å²) in [7, 11) is 3.79. The first-order chi connectivity index (χ1) is 13.0. The van der Waals surface area contributed by atoms with Crippen LogP contribution >= 0.6 is 24.0 Å². The SMILES string of the molecule is CN=C(NCCc1ccc(NC(C)=O)cc1)N1CCC(c2cnn(C)c2)C1.I. The van der Waals surface area contributed by atoms with Crippen LogP contribution in [-0.4, -0.2) is 53.2 Å². The van der Waals surface area contributed by atoms with E-state index in [1.54, 1.807) is 0 Å². The molecule has 152 valence electrons. The zero-order valence-electron chi connectivity index (χ0n) is 16.7. The van der Waals surface area contributed by atoms with Crippen molar-refractivity contribution >= 4 is 41.5 Å². The minimum absolute atomic E-state index is 0. The maximum Gasteiger partial charge on any atom is 0.221 e. The third-order valence-corrected chi connectivity index (χ3v) is 4.87. The minimum Gasteiger partial charge on any atom is -0.356 e. The number of carbonyl (C=O) groups excluding carboxylic acids is 1. The predicted octanol–water partition coefficient (Wildman–Crippen LogP) is 2.60. The summed E-state index contributed by atoms with van der Waals surface area (Å²) in [6.45, 7) is 4.31. The van der Waals surface area contributed by atoms with Crippen molar-refractivity contribution < 1.29 is 4.79 Å². The first-order valence-corrected chi connectivity index (χ1v) is 9.36. The van der Waals surface area contributed by atoms with Crippen LogP contribution in [0, 0.1) is 0 Å². The molecule has 28 heavy (non-hydrogen) atoms. The molecule has 8 heteroatoms. The molecule has 1 atom stereocenters. The highest BCUT2D eigenvalue weighted by atomic mass is 127. The number of anilines is 1. The second-order valence-electron chi connectivity index (χ2n) is 6.98. The largest absolute Gasteiger partial charge is 0.356 e. The van der Waals surface area contributed by atoms with Crippen LogP contribution in [0.1, 0.15) is 30.4 Å². The van der Waals surface area contributed by atoms with Crippen LogP contribution in [0.4, 0.5) is 5.69 Å². The lowest BCUT2D eigenvalue weighted by Crippen LogP contribution is -2.40. The second kappa shape index (κ2) is 10.4. The molecule has 1 aliphatic heterocycles. The van der Waals surface area contributed by atoms with Crippen LogP contribution in [0.3, 0.4) is 0 Å². The molecular formula is C20H29IN6O. The van der Waals surface area contributed by atoms with Crippen molar-refractivity contribution in [3.05, 3.63) is 47.8 Å². The van der Waals surface area contributed by atoms with Crippen LogP contribution in [0.5, 0.6) is 0 Å². The quantitative estimate of drug-likeness (QED) is 0.379. The molecule has 2 N–H and O–H groups in total. The van der Waals surface area contributed by atoms with Gasteiger partial charge in [-0.05, 0) is 36.1 Å². The molecule has 2 heterocycles. The molecule has 1 saturated heterocycles. The molecule has 0 spiro atoms. The van der Waals surface area contributed by atoms with Gasteiger partial charge >= 0.3 is 0 Å². The zero-order chi connectivity index (χ0) is 19.2. The van der Waals surface area contributed by atoms with Crippen molar-refractivity contribution in [2.24, 2.45) is 12.0 Å². The van der Waals surface area contributed by atoms with E-state index in [-0.39, 0.29) is 29.9 Å². The van der Waals surface area contributed by atoms with Crippen molar-refractivity contribution in [3.8, 4) is 0 Å². The Kier molecular flexibility index (Phi) is 8.28. The Hall–Kier alpha value is -2.10. The Morgan fingerprint density at radius 1 is 1.32 bits per heavy atom. The van der Waals surface area contributed by atoms with Crippen molar-refractivity contribution in [2.75, 3.05) is 32.0 Å². The third kappa shape index (κ3) is 5.95. The molecule has 1 aliphatic rings. The Bertz CT molecular complexity index is 801. The summed E-state index contributed by atoms with van der Waals surface area (Å²) in [5.74, 6) is 1.42. The fourth-order valence-electron chi connectivity index (χ4n) is 3.48. The molecule has 1 unspecified atom stereocenters. The number of guanidine groups is 1. The summed E-state index contributed by atoms with van der Waals surface area (Å²) < 4.78 is 1.86. The number of nitrogens with zero attached hydrogens (tertiary/aromatic N) is 4. The van der Waals surface area contributed by atoms with E-state index in [0.717, 1.165) is 44.1 Å². The number of amides is 1. The number of hydrogen-bond acceptors (Lipinski definition) is 3. The average molecular weight is 496 g/mol. The van der Waals surface area contributed by atoms with Crippen LogP contribution < -0.4 is 10.6 Å². The van der Waals surface area contributed by atoms with Crippen molar-refractivity contribution in [3.63, 3.8) is 0 Å². The molecule has 1 fully saturated rings. The fraction of sp³-hybridized carbons (Fsp3) is 0.450. The van der Waals surface area contributed by atoms with E-state index in [2.05, 4.69) is 31.8 Å². The van der Waals surface area contributed by atoms with Crippen LogP contribution in [-0.2, 0) is 18.3 Å². The number of rotatable bonds is 5. The van der Waals surface area contributed by atoms with E-state index in [9.17, 15) is 4.79 Å². The van der Waals surface area contributed by atoms with Gasteiger partial charge in [-0.15, -0.1) is 24.0 Å². The monoisotopic (exact) mass is 496 g/mol. The maximum absolute atomic E-state index is 11.1. The van der Waals surface area contributed by atoms with Gasteiger partial charge in [0.1, 0.15) is 0 Å². The standard InChI is InChI=1S/C20H28N6O.HI/c1-15(27)24-19-6-4-16(5-7-19)8-10-22-20(21-2)26-11-9-17(14-26)18-12-23-25(3)13-18;/h4-7,12-13,17H,8-11,14H2,1-3H3,(H,21,22)(H,24,27);1H. The number of benzene rings is 1. The fourth-order valence-corrected chi connectivity index (χ4v) is 3.48. The van der Waals surface area contributed by atoms with Gasteiger partial charge in [0.05, 0.1) is 6.20 Å². The van der Waals surface area contributed by atoms with Gasteiger partial charge in [-0.3, -0.25) is 14.5 Å². The molecule has 7 nitrogen and oxygen atoms in total. The predicted molar refractivity (Wildman–Crippen MR) is 123 cm³/mol. The van der Waals surface area contributed by atoms with E-state index in [1.165, 1.54) is 18.1 Å². The van der Waals surface area contributed by atoms with Gasteiger partial charge < -0.3 is 15.5 Å². The smallest absolute Gasteiger partial charge is 0.221 e. The summed E-state index contributed by atoms with van der Waals surface area (Å²) in [4.78, 5) is 17.8. The highest BCUT2D eigenvalue weighted by Crippen LogP contribution is 2.26. The highest BCUT2D eigenvalue weighted by Gasteiger charge is 2.26. The number of aromatic nitrogens is 2. The summed E-state index contributed by atoms with van der Waals surface area (Å²) >= 11 is 0. The van der Waals surface area contributed by atoms with E-state index < -0.39 is 0 Å². The number of nitrogens with one attached hydrogen (secondary N) is 2. The zero-order valence-corrected chi connectivity index (χ0v) is 19.0. The van der Waals surface area contributed by atoms with Crippen LogP contribution in [0.15, 0.2) is 41.7 Å². The van der Waals surface area contributed by atoms with Crippen LogP contribution in [0.25, 0.3) is 0 Å². The molecule has 0 aliphatic carbocycles. The Morgan fingerprint density at radius 2 is 2.07 bits per heavy atom. The summed E-state index contributed by atoms with van der Waals surface area (Å²) in [5, 5.41) is 10.5. The number of aryl methyl sites for hydroxylation is 1. The van der Waals surface area contributed by atoms with Gasteiger partial charge in [0.2, 0.25) is 5.91 Å². The van der Waals surface area contributed by atoms with Crippen molar-refractivity contribution in [1.82, 2.24) is 20.0 Å². The number of carbonyl (C=O) groups is 1. The summed E-state index contributed by atoms with van der Waals surface area (Å²) in [6, 6.07) is 7.96. The minimum atomic E-state index is -0.0524. The maximum atomic E-state index is 11.1. The van der Waals surface area contributed by atoms with Crippen molar-refractivity contribution in [1.29, 1.82) is 0 Å². The van der Waals surface area contributed by atoms with E-state index in [1.807, 2.05) is 49.2 Å². The first-order valence-electron chi connectivity index (χ1n) is 9.36. The average Bonchev–Trinajstić information content (AvgIpc) is 3.29. The van der Waals surface area contributed by atoms with Gasteiger partial charge in [0.25, 0.3) is 0 Å². The van der Waals surface area contributed by atoms with E-state index in [0.29, 0.717) is 5.92 Å². The molecule has 0 radical (unpaired) electrons. The lowest BCUT2D eigenvalue weighted by Gasteiger charge is -2.21. The van der Waals surface area contributed by atoms with E-state index >= 15 is 0 Å². The van der Waals surface area contributed by atoms with Crippen LogP contribution in [0.2, 0.25) is 0 Å².